The van der Waals surface area contributed by atoms with Gasteiger partial charge in [0.05, 0.1) is 25.4 Å². The molecule has 6 heteroatoms. The molecule has 1 N–H and O–H groups in total. The van der Waals surface area contributed by atoms with E-state index in [1.165, 1.54) is 24.8 Å². The molecule has 0 unspecified atom stereocenters. The summed E-state index contributed by atoms with van der Waals surface area (Å²) in [6.07, 6.45) is 7.23. The van der Waals surface area contributed by atoms with E-state index in [1.54, 1.807) is 7.11 Å². The second kappa shape index (κ2) is 10.6. The number of likely N-dealkylation sites (tertiary alicyclic amines) is 1. The van der Waals surface area contributed by atoms with Crippen molar-refractivity contribution < 1.29 is 19.1 Å². The van der Waals surface area contributed by atoms with Crippen LogP contribution in [-0.4, -0.2) is 56.2 Å². The molecule has 3 aliphatic rings. The van der Waals surface area contributed by atoms with Gasteiger partial charge in [-0.3, -0.25) is 9.59 Å². The fourth-order valence-electron chi connectivity index (χ4n) is 6.13. The van der Waals surface area contributed by atoms with Crippen LogP contribution >= 0.6 is 0 Å². The smallest absolute Gasteiger partial charge is 0.225 e. The fraction of sp³-hybridized carbons (Fsp3) is 0.704. The van der Waals surface area contributed by atoms with Gasteiger partial charge in [0.15, 0.2) is 0 Å². The molecule has 1 aromatic carbocycles. The van der Waals surface area contributed by atoms with E-state index in [4.69, 9.17) is 9.47 Å². The Morgan fingerprint density at radius 3 is 2.45 bits per heavy atom. The lowest BCUT2D eigenvalue weighted by molar-refractivity contribution is -0.139. The number of ether oxygens (including phenoxy) is 2. The third-order valence-electron chi connectivity index (χ3n) is 8.01. The highest BCUT2D eigenvalue weighted by Gasteiger charge is 2.54. The van der Waals surface area contributed by atoms with E-state index in [-0.39, 0.29) is 35.3 Å². The number of methoxy groups -OCH3 is 1. The average molecular weight is 457 g/mol. The molecule has 2 aliphatic carbocycles. The van der Waals surface area contributed by atoms with E-state index in [9.17, 15) is 9.59 Å². The first-order valence-electron chi connectivity index (χ1n) is 12.8. The van der Waals surface area contributed by atoms with Crippen LogP contribution in [0.25, 0.3) is 0 Å². The van der Waals surface area contributed by atoms with Crippen LogP contribution in [0, 0.1) is 11.8 Å². The van der Waals surface area contributed by atoms with Crippen molar-refractivity contribution in [3.05, 3.63) is 35.4 Å². The van der Waals surface area contributed by atoms with Gasteiger partial charge in [0.1, 0.15) is 0 Å². The molecule has 1 saturated heterocycles. The molecular weight excluding hydrogens is 416 g/mol. The lowest BCUT2D eigenvalue weighted by Crippen LogP contribution is -2.53. The number of amides is 2. The van der Waals surface area contributed by atoms with Crippen LogP contribution in [0.2, 0.25) is 0 Å². The van der Waals surface area contributed by atoms with Crippen molar-refractivity contribution in [2.24, 2.45) is 11.8 Å². The molecule has 1 aromatic rings. The minimum Gasteiger partial charge on any atom is -0.382 e. The molecular formula is C27H40N2O4. The quantitative estimate of drug-likeness (QED) is 0.630. The van der Waals surface area contributed by atoms with E-state index in [1.807, 2.05) is 19.9 Å². The van der Waals surface area contributed by atoms with Crippen LogP contribution in [0.5, 0.6) is 0 Å². The second-order valence-electron chi connectivity index (χ2n) is 10.3. The van der Waals surface area contributed by atoms with Gasteiger partial charge in [-0.15, -0.1) is 0 Å². The Hall–Kier alpha value is -1.92. The first kappa shape index (κ1) is 24.2. The molecule has 182 valence electrons. The third-order valence-corrected chi connectivity index (χ3v) is 8.01. The zero-order valence-corrected chi connectivity index (χ0v) is 20.5. The minimum atomic E-state index is -0.206. The average Bonchev–Trinajstić information content (AvgIpc) is 3.08. The molecule has 2 atom stereocenters. The predicted molar refractivity (Wildman–Crippen MR) is 128 cm³/mol. The van der Waals surface area contributed by atoms with Gasteiger partial charge in [0.25, 0.3) is 0 Å². The second-order valence-corrected chi connectivity index (χ2v) is 10.3. The zero-order chi connectivity index (χ0) is 23.4. The predicted octanol–water partition coefficient (Wildman–Crippen LogP) is 3.99. The van der Waals surface area contributed by atoms with Crippen LogP contribution in [0.15, 0.2) is 24.3 Å². The number of rotatable bonds is 7. The molecule has 33 heavy (non-hydrogen) atoms. The number of fused-ring (bicyclic) bond motifs is 2. The lowest BCUT2D eigenvalue weighted by Gasteiger charge is -2.45. The summed E-state index contributed by atoms with van der Waals surface area (Å²) < 4.78 is 11.7. The van der Waals surface area contributed by atoms with E-state index >= 15 is 0 Å². The summed E-state index contributed by atoms with van der Waals surface area (Å²) in [5, 5.41) is 3.28. The van der Waals surface area contributed by atoms with Gasteiger partial charge in [-0.2, -0.15) is 0 Å². The Bertz CT molecular complexity index is 825. The molecule has 6 nitrogen and oxygen atoms in total. The molecule has 2 amide bonds. The normalized spacial score (nSPS) is 24.8. The van der Waals surface area contributed by atoms with Crippen LogP contribution < -0.4 is 5.32 Å². The maximum Gasteiger partial charge on any atom is 0.225 e. The van der Waals surface area contributed by atoms with E-state index in [2.05, 4.69) is 28.4 Å². The summed E-state index contributed by atoms with van der Waals surface area (Å²) in [5.74, 6) is 0.494. The molecule has 1 saturated carbocycles. The Morgan fingerprint density at radius 1 is 1.09 bits per heavy atom. The summed E-state index contributed by atoms with van der Waals surface area (Å²) >= 11 is 0. The standard InChI is InChI=1S/C27H40N2O4/c1-19(2)25(30)28-23-21-11-7-8-12-22(21)27(24(23)33-18-17-32-3)13-15-29(16-14-27)26(31)20-9-5-4-6-10-20/h7-8,11-12,19-20,23-24H,4-6,9-10,13-18H2,1-3H3,(H,28,30)/t23-,24+/m1/s1. The SMILES string of the molecule is COCCO[C@H]1[C@H](NC(=O)C(C)C)c2ccccc2C12CCN(C(=O)C1CCCCC1)CC2. The van der Waals surface area contributed by atoms with Crippen molar-refractivity contribution in [3.63, 3.8) is 0 Å². The van der Waals surface area contributed by atoms with Crippen molar-refractivity contribution in [1.29, 1.82) is 0 Å². The van der Waals surface area contributed by atoms with E-state index in [0.717, 1.165) is 44.3 Å². The van der Waals surface area contributed by atoms with Gasteiger partial charge in [0.2, 0.25) is 11.8 Å². The summed E-state index contributed by atoms with van der Waals surface area (Å²) in [6, 6.07) is 8.26. The number of piperidine rings is 1. The molecule has 4 rings (SSSR count). The number of nitrogens with zero attached hydrogens (tertiary/aromatic N) is 1. The largest absolute Gasteiger partial charge is 0.382 e. The van der Waals surface area contributed by atoms with Gasteiger partial charge in [0, 0.05) is 37.5 Å². The Labute approximate surface area is 198 Å². The number of hydrogen-bond donors (Lipinski definition) is 1. The lowest BCUT2D eigenvalue weighted by atomic mass is 9.71. The number of hydrogen-bond acceptors (Lipinski definition) is 4. The van der Waals surface area contributed by atoms with Crippen molar-refractivity contribution >= 4 is 11.8 Å². The van der Waals surface area contributed by atoms with Gasteiger partial charge in [-0.1, -0.05) is 57.4 Å². The maximum atomic E-state index is 13.2. The van der Waals surface area contributed by atoms with Crippen molar-refractivity contribution in [1.82, 2.24) is 10.2 Å². The fourth-order valence-corrected chi connectivity index (χ4v) is 6.13. The van der Waals surface area contributed by atoms with Crippen LogP contribution in [0.4, 0.5) is 0 Å². The molecule has 1 aliphatic heterocycles. The Kier molecular flexibility index (Phi) is 7.75. The number of carbonyl (C=O) groups excluding carboxylic acids is 2. The zero-order valence-electron chi connectivity index (χ0n) is 20.5. The highest BCUT2D eigenvalue weighted by atomic mass is 16.5. The number of nitrogens with one attached hydrogen (secondary N) is 1. The maximum absolute atomic E-state index is 13.2. The van der Waals surface area contributed by atoms with Crippen LogP contribution in [0.1, 0.15) is 76.0 Å². The minimum absolute atomic E-state index is 0.0390. The molecule has 1 heterocycles. The van der Waals surface area contributed by atoms with Crippen molar-refractivity contribution in [2.45, 2.75) is 76.4 Å². The van der Waals surface area contributed by atoms with Crippen LogP contribution in [-0.2, 0) is 24.5 Å². The van der Waals surface area contributed by atoms with Gasteiger partial charge >= 0.3 is 0 Å². The number of benzene rings is 1. The molecule has 0 radical (unpaired) electrons. The Morgan fingerprint density at radius 2 is 1.79 bits per heavy atom. The van der Waals surface area contributed by atoms with Crippen molar-refractivity contribution in [3.8, 4) is 0 Å². The number of carbonyl (C=O) groups is 2. The van der Waals surface area contributed by atoms with Gasteiger partial charge in [-0.05, 0) is 36.8 Å². The summed E-state index contributed by atoms with van der Waals surface area (Å²) in [6.45, 7) is 6.33. The summed E-state index contributed by atoms with van der Waals surface area (Å²) in [4.78, 5) is 28.0. The van der Waals surface area contributed by atoms with Gasteiger partial charge in [-0.25, -0.2) is 0 Å². The Balaban J connectivity index is 1.58. The molecule has 1 spiro atoms. The third kappa shape index (κ3) is 4.83. The topological polar surface area (TPSA) is 67.9 Å². The van der Waals surface area contributed by atoms with Crippen molar-refractivity contribution in [2.75, 3.05) is 33.4 Å². The summed E-state index contributed by atoms with van der Waals surface area (Å²) in [5.41, 5.74) is 2.22. The first-order chi connectivity index (χ1) is 16.0. The van der Waals surface area contributed by atoms with E-state index < -0.39 is 0 Å². The summed E-state index contributed by atoms with van der Waals surface area (Å²) in [7, 11) is 1.68. The highest BCUT2D eigenvalue weighted by molar-refractivity contribution is 5.79. The van der Waals surface area contributed by atoms with Crippen LogP contribution in [0.3, 0.4) is 0 Å². The molecule has 0 bridgehead atoms. The monoisotopic (exact) mass is 456 g/mol. The van der Waals surface area contributed by atoms with E-state index in [0.29, 0.717) is 19.1 Å². The molecule has 2 fully saturated rings. The molecule has 0 aromatic heterocycles. The van der Waals surface area contributed by atoms with Gasteiger partial charge < -0.3 is 19.7 Å². The first-order valence-corrected chi connectivity index (χ1v) is 12.8. The highest BCUT2D eigenvalue weighted by Crippen LogP contribution is 2.52.